The van der Waals surface area contributed by atoms with Crippen molar-refractivity contribution >= 4 is 47.5 Å². The average molecular weight is 487 g/mol. The number of carbonyl (C=O) groups is 1. The first-order valence-electron chi connectivity index (χ1n) is 9.70. The molecule has 10 heteroatoms. The summed E-state index contributed by atoms with van der Waals surface area (Å²) in [4.78, 5) is 16.7. The molecule has 0 aliphatic heterocycles. The molecule has 0 aliphatic carbocycles. The zero-order valence-corrected chi connectivity index (χ0v) is 19.2. The molecule has 0 bridgehead atoms. The molecule has 0 radical (unpaired) electrons. The average Bonchev–Trinajstić information content (AvgIpc) is 2.79. The molecule has 0 saturated carbocycles. The highest BCUT2D eigenvalue weighted by Crippen LogP contribution is 2.48. The largest absolute Gasteiger partial charge is 0.496 e. The number of nitrogens with two attached hydrogens (primary N) is 1. The SMILES string of the molecule is COc1cc(CN)c(S(=O)(=O)Cl)c(OC)c1-c1cccc2nc3ccccc3c(C(=O)O)c12. The van der Waals surface area contributed by atoms with Crippen LogP contribution in [0.25, 0.3) is 32.9 Å². The van der Waals surface area contributed by atoms with E-state index in [1.54, 1.807) is 42.5 Å². The van der Waals surface area contributed by atoms with E-state index in [1.807, 2.05) is 0 Å². The van der Waals surface area contributed by atoms with Gasteiger partial charge in [0, 0.05) is 28.0 Å². The molecule has 33 heavy (non-hydrogen) atoms. The highest BCUT2D eigenvalue weighted by molar-refractivity contribution is 8.13. The Morgan fingerprint density at radius 3 is 2.39 bits per heavy atom. The van der Waals surface area contributed by atoms with Crippen LogP contribution in [-0.2, 0) is 15.6 Å². The molecular weight excluding hydrogens is 468 g/mol. The first-order valence-corrected chi connectivity index (χ1v) is 12.0. The molecule has 0 atom stereocenters. The van der Waals surface area contributed by atoms with Crippen LogP contribution in [0.5, 0.6) is 11.5 Å². The minimum absolute atomic E-state index is 0.0217. The monoisotopic (exact) mass is 486 g/mol. The normalized spacial score (nSPS) is 11.6. The van der Waals surface area contributed by atoms with E-state index in [2.05, 4.69) is 4.98 Å². The van der Waals surface area contributed by atoms with Crippen molar-refractivity contribution in [2.24, 2.45) is 5.73 Å². The topological polar surface area (TPSA) is 129 Å². The fraction of sp³-hybridized carbons (Fsp3) is 0.130. The van der Waals surface area contributed by atoms with Crippen molar-refractivity contribution in [1.82, 2.24) is 4.98 Å². The van der Waals surface area contributed by atoms with Gasteiger partial charge in [0.2, 0.25) is 0 Å². The highest BCUT2D eigenvalue weighted by atomic mass is 35.7. The third kappa shape index (κ3) is 3.74. The lowest BCUT2D eigenvalue weighted by atomic mass is 9.92. The number of halogens is 1. The molecule has 3 aromatic carbocycles. The van der Waals surface area contributed by atoms with Gasteiger partial charge in [-0.25, -0.2) is 18.2 Å². The van der Waals surface area contributed by atoms with Crippen molar-refractivity contribution < 1.29 is 27.8 Å². The number of hydrogen-bond donors (Lipinski definition) is 2. The van der Waals surface area contributed by atoms with Gasteiger partial charge in [-0.2, -0.15) is 0 Å². The lowest BCUT2D eigenvalue weighted by molar-refractivity contribution is 0.0701. The van der Waals surface area contributed by atoms with Crippen molar-refractivity contribution in [3.63, 3.8) is 0 Å². The number of pyridine rings is 1. The van der Waals surface area contributed by atoms with Gasteiger partial charge in [-0.05, 0) is 29.3 Å². The van der Waals surface area contributed by atoms with Gasteiger partial charge in [0.25, 0.3) is 9.05 Å². The van der Waals surface area contributed by atoms with Gasteiger partial charge >= 0.3 is 5.97 Å². The Kier molecular flexibility index (Phi) is 5.87. The Morgan fingerprint density at radius 1 is 1.09 bits per heavy atom. The Balaban J connectivity index is 2.28. The Morgan fingerprint density at radius 2 is 1.79 bits per heavy atom. The lowest BCUT2D eigenvalue weighted by Gasteiger charge is -2.20. The summed E-state index contributed by atoms with van der Waals surface area (Å²) in [5.74, 6) is -1.01. The van der Waals surface area contributed by atoms with Crippen LogP contribution >= 0.6 is 10.7 Å². The molecule has 0 unspecified atom stereocenters. The second-order valence-electron chi connectivity index (χ2n) is 7.13. The molecule has 1 heterocycles. The minimum Gasteiger partial charge on any atom is -0.496 e. The van der Waals surface area contributed by atoms with Crippen LogP contribution in [0, 0.1) is 0 Å². The highest BCUT2D eigenvalue weighted by Gasteiger charge is 2.30. The maximum absolute atomic E-state index is 12.5. The molecule has 0 fully saturated rings. The van der Waals surface area contributed by atoms with E-state index >= 15 is 0 Å². The summed E-state index contributed by atoms with van der Waals surface area (Å²) in [6, 6.07) is 13.4. The van der Waals surface area contributed by atoms with Gasteiger partial charge < -0.3 is 20.3 Å². The molecule has 0 amide bonds. The van der Waals surface area contributed by atoms with E-state index in [4.69, 9.17) is 25.9 Å². The van der Waals surface area contributed by atoms with Crippen molar-refractivity contribution in [2.75, 3.05) is 14.2 Å². The van der Waals surface area contributed by atoms with Crippen LogP contribution in [0.15, 0.2) is 53.4 Å². The standard InChI is InChI=1S/C23H19ClN2O6S/c1-31-17-10-12(11-25)22(33(24,29)30)21(32-2)19(17)14-7-5-9-16-18(14)20(23(27)28)13-6-3-4-8-15(13)26-16/h3-10H,11,25H2,1-2H3,(H,27,28). The van der Waals surface area contributed by atoms with Gasteiger partial charge in [0.1, 0.15) is 10.6 Å². The van der Waals surface area contributed by atoms with Crippen LogP contribution in [-0.4, -0.2) is 38.7 Å². The van der Waals surface area contributed by atoms with Gasteiger partial charge in [-0.1, -0.05) is 30.3 Å². The summed E-state index contributed by atoms with van der Waals surface area (Å²) in [6.45, 7) is -0.142. The lowest BCUT2D eigenvalue weighted by Crippen LogP contribution is -2.09. The van der Waals surface area contributed by atoms with Crippen LogP contribution in [0.4, 0.5) is 0 Å². The molecular formula is C23H19ClN2O6S. The maximum Gasteiger partial charge on any atom is 0.337 e. The smallest absolute Gasteiger partial charge is 0.337 e. The van der Waals surface area contributed by atoms with Gasteiger partial charge in [-0.15, -0.1) is 0 Å². The van der Waals surface area contributed by atoms with Gasteiger partial charge in [-0.3, -0.25) is 0 Å². The second kappa shape index (κ2) is 8.51. The summed E-state index contributed by atoms with van der Waals surface area (Å²) in [5, 5.41) is 10.9. The summed E-state index contributed by atoms with van der Waals surface area (Å²) in [6.07, 6.45) is 0. The molecule has 170 valence electrons. The molecule has 4 rings (SSSR count). The number of carboxylic acids is 1. The second-order valence-corrected chi connectivity index (χ2v) is 9.63. The third-order valence-electron chi connectivity index (χ3n) is 5.35. The van der Waals surface area contributed by atoms with Crippen molar-refractivity contribution in [3.05, 3.63) is 59.7 Å². The van der Waals surface area contributed by atoms with Crippen LogP contribution in [0.3, 0.4) is 0 Å². The van der Waals surface area contributed by atoms with E-state index in [1.165, 1.54) is 20.3 Å². The number of nitrogens with zero attached hydrogens (tertiary/aromatic N) is 1. The van der Waals surface area contributed by atoms with E-state index in [0.29, 0.717) is 27.4 Å². The molecule has 0 spiro atoms. The Bertz CT molecular complexity index is 1540. The summed E-state index contributed by atoms with van der Waals surface area (Å²) in [5.41, 5.74) is 7.51. The number of fused-ring (bicyclic) bond motifs is 2. The number of benzene rings is 3. The van der Waals surface area contributed by atoms with Crippen LogP contribution in [0.2, 0.25) is 0 Å². The van der Waals surface area contributed by atoms with E-state index in [0.717, 1.165) is 0 Å². The molecule has 3 N–H and O–H groups in total. The number of methoxy groups -OCH3 is 2. The van der Waals surface area contributed by atoms with Gasteiger partial charge in [0.05, 0.1) is 36.4 Å². The number of carboxylic acid groups (broad SMARTS) is 1. The molecule has 0 aliphatic rings. The van der Waals surface area contributed by atoms with Crippen molar-refractivity contribution in [1.29, 1.82) is 0 Å². The predicted octanol–water partition coefficient (Wildman–Crippen LogP) is 4.16. The third-order valence-corrected chi connectivity index (χ3v) is 6.75. The number of hydrogen-bond acceptors (Lipinski definition) is 7. The van der Waals surface area contributed by atoms with E-state index in [-0.39, 0.29) is 39.6 Å². The zero-order valence-electron chi connectivity index (χ0n) is 17.6. The van der Waals surface area contributed by atoms with Crippen molar-refractivity contribution in [2.45, 2.75) is 11.4 Å². The maximum atomic E-state index is 12.5. The Hall–Kier alpha value is -3.40. The molecule has 4 aromatic rings. The summed E-state index contributed by atoms with van der Waals surface area (Å²) in [7, 11) is 4.17. The van der Waals surface area contributed by atoms with E-state index < -0.39 is 15.0 Å². The van der Waals surface area contributed by atoms with E-state index in [9.17, 15) is 18.3 Å². The molecule has 8 nitrogen and oxygen atoms in total. The first kappa shape index (κ1) is 22.8. The Labute approximate surface area is 193 Å². The number of ether oxygens (including phenoxy) is 2. The zero-order chi connectivity index (χ0) is 23.9. The quantitative estimate of drug-likeness (QED) is 0.307. The first-order chi connectivity index (χ1) is 15.7. The number of rotatable bonds is 6. The molecule has 1 aromatic heterocycles. The van der Waals surface area contributed by atoms with Crippen LogP contribution < -0.4 is 15.2 Å². The van der Waals surface area contributed by atoms with Gasteiger partial charge in [0.15, 0.2) is 5.75 Å². The number of aromatic carboxylic acids is 1. The summed E-state index contributed by atoms with van der Waals surface area (Å²) < 4.78 is 36.0. The predicted molar refractivity (Wildman–Crippen MR) is 126 cm³/mol. The van der Waals surface area contributed by atoms with Crippen molar-refractivity contribution in [3.8, 4) is 22.6 Å². The van der Waals surface area contributed by atoms with Crippen LogP contribution in [0.1, 0.15) is 15.9 Å². The number of para-hydroxylation sites is 1. The fourth-order valence-corrected chi connectivity index (χ4v) is 5.44. The fourth-order valence-electron chi connectivity index (χ4n) is 4.07. The number of aromatic nitrogens is 1. The minimum atomic E-state index is -4.28. The molecule has 0 saturated heterocycles. The summed E-state index contributed by atoms with van der Waals surface area (Å²) >= 11 is 0.